The molecule has 0 aliphatic rings. The fourth-order valence-electron chi connectivity index (χ4n) is 1.05. The summed E-state index contributed by atoms with van der Waals surface area (Å²) in [6.45, 7) is 0.468. The van der Waals surface area contributed by atoms with E-state index in [-0.39, 0.29) is 4.47 Å². The Morgan fingerprint density at radius 1 is 1.31 bits per heavy atom. The van der Waals surface area contributed by atoms with Gasteiger partial charge in [0.15, 0.2) is 5.60 Å². The first-order valence-electron chi connectivity index (χ1n) is 4.02. The number of halogens is 6. The van der Waals surface area contributed by atoms with E-state index in [1.54, 1.807) is 0 Å². The molecule has 0 amide bonds. The van der Waals surface area contributed by atoms with Gasteiger partial charge in [-0.3, -0.25) is 0 Å². The molecule has 0 saturated carbocycles. The third-order valence-electron chi connectivity index (χ3n) is 2.11. The maximum atomic E-state index is 13.5. The Kier molecular flexibility index (Phi) is 3.57. The van der Waals surface area contributed by atoms with Crippen LogP contribution in [-0.4, -0.2) is 11.3 Å². The molecule has 1 N–H and O–H groups in total. The van der Waals surface area contributed by atoms with Crippen molar-refractivity contribution in [3.05, 3.63) is 33.0 Å². The molecule has 7 heteroatoms. The average Bonchev–Trinajstić information content (AvgIpc) is 2.12. The lowest BCUT2D eigenvalue weighted by molar-refractivity contribution is -0.259. The van der Waals surface area contributed by atoms with Crippen molar-refractivity contribution >= 4 is 27.5 Å². The Hall–Kier alpha value is -0.330. The molecule has 0 bridgehead atoms. The quantitative estimate of drug-likeness (QED) is 0.612. The summed E-state index contributed by atoms with van der Waals surface area (Å²) < 4.78 is 51.0. The Bertz CT molecular complexity index is 417. The van der Waals surface area contributed by atoms with Gasteiger partial charge in [0.25, 0.3) is 0 Å². The van der Waals surface area contributed by atoms with Gasteiger partial charge in [0.1, 0.15) is 5.82 Å². The van der Waals surface area contributed by atoms with Crippen molar-refractivity contribution in [3.63, 3.8) is 0 Å². The van der Waals surface area contributed by atoms with Gasteiger partial charge >= 0.3 is 6.18 Å². The number of benzene rings is 1. The van der Waals surface area contributed by atoms with E-state index in [2.05, 4.69) is 15.9 Å². The number of aliphatic hydroxyl groups is 1. The average molecular weight is 321 g/mol. The lowest BCUT2D eigenvalue weighted by atomic mass is 9.95. The normalized spacial score (nSPS) is 16.0. The van der Waals surface area contributed by atoms with Crippen LogP contribution in [0.2, 0.25) is 5.02 Å². The molecule has 90 valence electrons. The van der Waals surface area contributed by atoms with Crippen LogP contribution in [0.4, 0.5) is 17.6 Å². The van der Waals surface area contributed by atoms with Gasteiger partial charge in [-0.1, -0.05) is 17.7 Å². The van der Waals surface area contributed by atoms with E-state index in [1.807, 2.05) is 0 Å². The first-order chi connectivity index (χ1) is 7.09. The first-order valence-corrected chi connectivity index (χ1v) is 5.19. The molecule has 16 heavy (non-hydrogen) atoms. The standard InChI is InChI=1S/C9H6BrClF4O/c1-8(16,9(13,14)15)4-2-3-5(10)6(11)7(4)12/h2-3,16H,1H3. The number of alkyl halides is 3. The van der Waals surface area contributed by atoms with E-state index in [9.17, 15) is 22.7 Å². The number of rotatable bonds is 1. The monoisotopic (exact) mass is 320 g/mol. The van der Waals surface area contributed by atoms with Gasteiger partial charge in [-0.2, -0.15) is 13.2 Å². The SMILES string of the molecule is CC(O)(c1ccc(Br)c(Cl)c1F)C(F)(F)F. The van der Waals surface area contributed by atoms with E-state index in [1.165, 1.54) is 0 Å². The molecule has 0 heterocycles. The van der Waals surface area contributed by atoms with Crippen molar-refractivity contribution in [2.75, 3.05) is 0 Å². The maximum absolute atomic E-state index is 13.5. The van der Waals surface area contributed by atoms with Crippen molar-refractivity contribution in [2.24, 2.45) is 0 Å². The van der Waals surface area contributed by atoms with E-state index >= 15 is 0 Å². The molecule has 0 spiro atoms. The smallest absolute Gasteiger partial charge is 0.376 e. The second kappa shape index (κ2) is 4.16. The van der Waals surface area contributed by atoms with Gasteiger partial charge in [0.05, 0.1) is 5.02 Å². The molecular weight excluding hydrogens is 315 g/mol. The summed E-state index contributed by atoms with van der Waals surface area (Å²) in [5, 5.41) is 8.78. The molecule has 1 aromatic carbocycles. The molecule has 0 aliphatic heterocycles. The second-order valence-electron chi connectivity index (χ2n) is 3.29. The van der Waals surface area contributed by atoms with E-state index < -0.39 is 28.2 Å². The van der Waals surface area contributed by atoms with Crippen LogP contribution < -0.4 is 0 Å². The molecule has 0 saturated heterocycles. The van der Waals surface area contributed by atoms with Crippen molar-refractivity contribution < 1.29 is 22.7 Å². The number of hydrogen-bond donors (Lipinski definition) is 1. The zero-order chi connectivity index (χ0) is 12.7. The predicted octanol–water partition coefficient (Wildman–Crippen LogP) is 4.01. The molecule has 0 fully saturated rings. The van der Waals surface area contributed by atoms with Crippen LogP contribution in [0, 0.1) is 5.82 Å². The van der Waals surface area contributed by atoms with Gasteiger partial charge in [-0.25, -0.2) is 4.39 Å². The molecule has 1 aromatic rings. The largest absolute Gasteiger partial charge is 0.421 e. The molecule has 0 aromatic heterocycles. The Labute approximate surface area is 102 Å². The second-order valence-corrected chi connectivity index (χ2v) is 4.53. The molecule has 1 rings (SSSR count). The summed E-state index contributed by atoms with van der Waals surface area (Å²) in [6, 6.07) is 1.97. The Balaban J connectivity index is 3.41. The van der Waals surface area contributed by atoms with Crippen LogP contribution in [0.3, 0.4) is 0 Å². The van der Waals surface area contributed by atoms with Gasteiger partial charge in [0, 0.05) is 10.0 Å². The zero-order valence-electron chi connectivity index (χ0n) is 7.87. The summed E-state index contributed by atoms with van der Waals surface area (Å²) in [5.74, 6) is -1.29. The summed E-state index contributed by atoms with van der Waals surface area (Å²) in [7, 11) is 0. The summed E-state index contributed by atoms with van der Waals surface area (Å²) in [6.07, 6.45) is -4.98. The highest BCUT2D eigenvalue weighted by Gasteiger charge is 2.52. The summed E-state index contributed by atoms with van der Waals surface area (Å²) in [4.78, 5) is 0. The van der Waals surface area contributed by atoms with E-state index in [4.69, 9.17) is 11.6 Å². The number of hydrogen-bond acceptors (Lipinski definition) is 1. The summed E-state index contributed by atoms with van der Waals surface area (Å²) >= 11 is 8.30. The Morgan fingerprint density at radius 3 is 2.25 bits per heavy atom. The van der Waals surface area contributed by atoms with Gasteiger partial charge in [-0.05, 0) is 28.9 Å². The van der Waals surface area contributed by atoms with E-state index in [0.717, 1.165) is 12.1 Å². The third kappa shape index (κ3) is 2.19. The van der Waals surface area contributed by atoms with Crippen LogP contribution >= 0.6 is 27.5 Å². The van der Waals surface area contributed by atoms with Crippen molar-refractivity contribution in [1.82, 2.24) is 0 Å². The molecule has 1 nitrogen and oxygen atoms in total. The minimum Gasteiger partial charge on any atom is -0.376 e. The predicted molar refractivity (Wildman–Crippen MR) is 54.7 cm³/mol. The van der Waals surface area contributed by atoms with Crippen LogP contribution in [-0.2, 0) is 5.60 Å². The van der Waals surface area contributed by atoms with Gasteiger partial charge in [0.2, 0.25) is 0 Å². The lowest BCUT2D eigenvalue weighted by Crippen LogP contribution is -2.40. The Morgan fingerprint density at radius 2 is 1.81 bits per heavy atom. The first kappa shape index (κ1) is 13.7. The fourth-order valence-corrected chi connectivity index (χ4v) is 1.53. The van der Waals surface area contributed by atoms with Crippen LogP contribution in [0.25, 0.3) is 0 Å². The van der Waals surface area contributed by atoms with Crippen molar-refractivity contribution in [2.45, 2.75) is 18.7 Å². The summed E-state index contributed by atoms with van der Waals surface area (Å²) in [5.41, 5.74) is -4.19. The molecule has 0 radical (unpaired) electrons. The topological polar surface area (TPSA) is 20.2 Å². The minimum atomic E-state index is -4.98. The highest BCUT2D eigenvalue weighted by atomic mass is 79.9. The van der Waals surface area contributed by atoms with Gasteiger partial charge in [-0.15, -0.1) is 0 Å². The highest BCUT2D eigenvalue weighted by Crippen LogP contribution is 2.41. The zero-order valence-corrected chi connectivity index (χ0v) is 10.2. The highest BCUT2D eigenvalue weighted by molar-refractivity contribution is 9.10. The maximum Gasteiger partial charge on any atom is 0.421 e. The van der Waals surface area contributed by atoms with Crippen molar-refractivity contribution in [1.29, 1.82) is 0 Å². The minimum absolute atomic E-state index is 0.119. The lowest BCUT2D eigenvalue weighted by Gasteiger charge is -2.27. The molecule has 1 unspecified atom stereocenters. The van der Waals surface area contributed by atoms with E-state index in [0.29, 0.717) is 6.92 Å². The van der Waals surface area contributed by atoms with Crippen LogP contribution in [0.1, 0.15) is 12.5 Å². The van der Waals surface area contributed by atoms with Crippen LogP contribution in [0.5, 0.6) is 0 Å². The molecule has 0 aliphatic carbocycles. The molecule has 1 atom stereocenters. The van der Waals surface area contributed by atoms with Crippen LogP contribution in [0.15, 0.2) is 16.6 Å². The van der Waals surface area contributed by atoms with Crippen molar-refractivity contribution in [3.8, 4) is 0 Å². The third-order valence-corrected chi connectivity index (χ3v) is 3.37. The molecular formula is C9H6BrClF4O. The van der Waals surface area contributed by atoms with Gasteiger partial charge < -0.3 is 5.11 Å². The fraction of sp³-hybridized carbons (Fsp3) is 0.333.